The molecule has 1 aliphatic carbocycles. The van der Waals surface area contributed by atoms with Crippen LogP contribution in [0.2, 0.25) is 0 Å². The fraction of sp³-hybridized carbons (Fsp3) is 0.636. The molecule has 1 rings (SSSR count). The van der Waals surface area contributed by atoms with E-state index in [2.05, 4.69) is 23.5 Å². The predicted molar refractivity (Wildman–Crippen MR) is 55.6 cm³/mol. The Labute approximate surface area is 80.3 Å². The monoisotopic (exact) mass is 181 g/mol. The Kier molecular flexibility index (Phi) is 5.54. The fourth-order valence-corrected chi connectivity index (χ4v) is 1.41. The number of rotatable bonds is 6. The zero-order valence-corrected chi connectivity index (χ0v) is 8.13. The lowest BCUT2D eigenvalue weighted by atomic mass is 10.0. The molecule has 2 nitrogen and oxygen atoms in total. The first kappa shape index (κ1) is 10.5. The maximum Gasteiger partial charge on any atom is 0.0443 e. The normalized spacial score (nSPS) is 15.9. The van der Waals surface area contributed by atoms with Gasteiger partial charge in [-0.2, -0.15) is 0 Å². The van der Waals surface area contributed by atoms with Gasteiger partial charge in [-0.3, -0.25) is 0 Å². The standard InChI is InChI=1S/C11H19NO/c13-10-4-8-12-9-7-11-5-2-1-3-6-11/h2,5-6,12-13H,1,3-4,7-10H2. The molecular formula is C11H19NO. The molecule has 0 atom stereocenters. The number of hydrogen-bond donors (Lipinski definition) is 2. The van der Waals surface area contributed by atoms with Crippen LogP contribution in [-0.4, -0.2) is 24.8 Å². The van der Waals surface area contributed by atoms with Gasteiger partial charge in [-0.05, 0) is 38.8 Å². The van der Waals surface area contributed by atoms with Gasteiger partial charge in [0.15, 0.2) is 0 Å². The van der Waals surface area contributed by atoms with E-state index in [9.17, 15) is 0 Å². The Morgan fingerprint density at radius 3 is 2.92 bits per heavy atom. The summed E-state index contributed by atoms with van der Waals surface area (Å²) in [6.07, 6.45) is 11.1. The van der Waals surface area contributed by atoms with E-state index in [4.69, 9.17) is 5.11 Å². The summed E-state index contributed by atoms with van der Waals surface area (Å²) >= 11 is 0. The third kappa shape index (κ3) is 4.86. The molecule has 0 amide bonds. The van der Waals surface area contributed by atoms with E-state index < -0.39 is 0 Å². The lowest BCUT2D eigenvalue weighted by Crippen LogP contribution is -2.17. The van der Waals surface area contributed by atoms with Crippen molar-refractivity contribution in [3.8, 4) is 0 Å². The Balaban J connectivity index is 1.99. The summed E-state index contributed by atoms with van der Waals surface area (Å²) in [6.45, 7) is 2.24. The van der Waals surface area contributed by atoms with Crippen LogP contribution in [0.15, 0.2) is 23.8 Å². The summed E-state index contributed by atoms with van der Waals surface area (Å²) in [5, 5.41) is 11.9. The SMILES string of the molecule is OCCCNCCC1=CCCC=C1. The second-order valence-corrected chi connectivity index (χ2v) is 3.34. The van der Waals surface area contributed by atoms with Gasteiger partial charge in [-0.15, -0.1) is 0 Å². The molecule has 0 unspecified atom stereocenters. The third-order valence-corrected chi connectivity index (χ3v) is 2.17. The summed E-state index contributed by atoms with van der Waals surface area (Å²) < 4.78 is 0. The Morgan fingerprint density at radius 2 is 2.23 bits per heavy atom. The molecule has 0 heterocycles. The van der Waals surface area contributed by atoms with Gasteiger partial charge < -0.3 is 10.4 Å². The molecule has 1 aliphatic rings. The molecule has 74 valence electrons. The van der Waals surface area contributed by atoms with Gasteiger partial charge >= 0.3 is 0 Å². The molecule has 0 aromatic heterocycles. The quantitative estimate of drug-likeness (QED) is 0.610. The number of hydrogen-bond acceptors (Lipinski definition) is 2. The van der Waals surface area contributed by atoms with Crippen LogP contribution in [0.4, 0.5) is 0 Å². The van der Waals surface area contributed by atoms with Crippen LogP contribution in [0.5, 0.6) is 0 Å². The van der Waals surface area contributed by atoms with Crippen molar-refractivity contribution in [2.45, 2.75) is 25.7 Å². The molecule has 2 N–H and O–H groups in total. The van der Waals surface area contributed by atoms with E-state index in [0.29, 0.717) is 0 Å². The summed E-state index contributed by atoms with van der Waals surface area (Å²) in [7, 11) is 0. The highest BCUT2D eigenvalue weighted by atomic mass is 16.3. The Morgan fingerprint density at radius 1 is 1.31 bits per heavy atom. The van der Waals surface area contributed by atoms with Crippen LogP contribution in [0, 0.1) is 0 Å². The van der Waals surface area contributed by atoms with Crippen molar-refractivity contribution in [2.75, 3.05) is 19.7 Å². The largest absolute Gasteiger partial charge is 0.396 e. The van der Waals surface area contributed by atoms with Gasteiger partial charge in [0, 0.05) is 6.61 Å². The number of allylic oxidation sites excluding steroid dienone is 3. The minimum Gasteiger partial charge on any atom is -0.396 e. The van der Waals surface area contributed by atoms with Crippen LogP contribution in [0.3, 0.4) is 0 Å². The summed E-state index contributed by atoms with van der Waals surface area (Å²) in [5.41, 5.74) is 1.45. The number of aliphatic hydroxyl groups excluding tert-OH is 1. The molecule has 0 radical (unpaired) electrons. The van der Waals surface area contributed by atoms with Crippen LogP contribution in [0.25, 0.3) is 0 Å². The molecule has 0 bridgehead atoms. The second-order valence-electron chi connectivity index (χ2n) is 3.34. The molecule has 2 heteroatoms. The zero-order chi connectivity index (χ0) is 9.36. The first-order valence-electron chi connectivity index (χ1n) is 5.10. The van der Waals surface area contributed by atoms with Gasteiger partial charge in [0.05, 0.1) is 0 Å². The van der Waals surface area contributed by atoms with E-state index in [0.717, 1.165) is 25.9 Å². The minimum absolute atomic E-state index is 0.287. The number of nitrogens with one attached hydrogen (secondary N) is 1. The van der Waals surface area contributed by atoms with E-state index in [1.165, 1.54) is 18.4 Å². The third-order valence-electron chi connectivity index (χ3n) is 2.17. The minimum atomic E-state index is 0.287. The first-order chi connectivity index (χ1) is 6.43. The van der Waals surface area contributed by atoms with Crippen molar-refractivity contribution in [1.29, 1.82) is 0 Å². The van der Waals surface area contributed by atoms with Crippen molar-refractivity contribution in [3.63, 3.8) is 0 Å². The van der Waals surface area contributed by atoms with Gasteiger partial charge in [-0.25, -0.2) is 0 Å². The van der Waals surface area contributed by atoms with Crippen LogP contribution in [0.1, 0.15) is 25.7 Å². The fourth-order valence-electron chi connectivity index (χ4n) is 1.41. The molecule has 0 aromatic rings. The Hall–Kier alpha value is -0.600. The molecule has 0 aromatic carbocycles. The summed E-state index contributed by atoms with van der Waals surface area (Å²) in [5.74, 6) is 0. The van der Waals surface area contributed by atoms with Gasteiger partial charge in [0.25, 0.3) is 0 Å². The van der Waals surface area contributed by atoms with Crippen molar-refractivity contribution in [2.24, 2.45) is 0 Å². The van der Waals surface area contributed by atoms with Crippen molar-refractivity contribution >= 4 is 0 Å². The predicted octanol–water partition coefficient (Wildman–Crippen LogP) is 1.62. The molecule has 0 fully saturated rings. The first-order valence-corrected chi connectivity index (χ1v) is 5.10. The van der Waals surface area contributed by atoms with Crippen molar-refractivity contribution < 1.29 is 5.11 Å². The molecule has 0 saturated carbocycles. The lowest BCUT2D eigenvalue weighted by molar-refractivity contribution is 0.286. The van der Waals surface area contributed by atoms with Gasteiger partial charge in [-0.1, -0.05) is 23.8 Å². The summed E-state index contributed by atoms with van der Waals surface area (Å²) in [4.78, 5) is 0. The molecule has 0 aliphatic heterocycles. The zero-order valence-electron chi connectivity index (χ0n) is 8.13. The van der Waals surface area contributed by atoms with E-state index in [1.54, 1.807) is 0 Å². The highest BCUT2D eigenvalue weighted by molar-refractivity contribution is 5.22. The van der Waals surface area contributed by atoms with Gasteiger partial charge in [0.1, 0.15) is 0 Å². The molecule has 13 heavy (non-hydrogen) atoms. The lowest BCUT2D eigenvalue weighted by Gasteiger charge is -2.07. The van der Waals surface area contributed by atoms with E-state index in [1.807, 2.05) is 0 Å². The maximum absolute atomic E-state index is 8.55. The average Bonchev–Trinajstić information content (AvgIpc) is 2.19. The van der Waals surface area contributed by atoms with Gasteiger partial charge in [0.2, 0.25) is 0 Å². The van der Waals surface area contributed by atoms with E-state index in [-0.39, 0.29) is 6.61 Å². The maximum atomic E-state index is 8.55. The number of aliphatic hydroxyl groups is 1. The van der Waals surface area contributed by atoms with E-state index >= 15 is 0 Å². The Bertz CT molecular complexity index is 185. The highest BCUT2D eigenvalue weighted by Crippen LogP contribution is 2.11. The average molecular weight is 181 g/mol. The van der Waals surface area contributed by atoms with Crippen LogP contribution < -0.4 is 5.32 Å². The topological polar surface area (TPSA) is 32.3 Å². The summed E-state index contributed by atoms with van der Waals surface area (Å²) in [6, 6.07) is 0. The smallest absolute Gasteiger partial charge is 0.0443 e. The van der Waals surface area contributed by atoms with Crippen molar-refractivity contribution in [3.05, 3.63) is 23.8 Å². The van der Waals surface area contributed by atoms with Crippen LogP contribution in [-0.2, 0) is 0 Å². The highest BCUT2D eigenvalue weighted by Gasteiger charge is 1.96. The molecule has 0 saturated heterocycles. The van der Waals surface area contributed by atoms with Crippen molar-refractivity contribution in [1.82, 2.24) is 5.32 Å². The molecule has 0 spiro atoms. The molecular weight excluding hydrogens is 162 g/mol. The second kappa shape index (κ2) is 6.87. The van der Waals surface area contributed by atoms with Crippen LogP contribution >= 0.6 is 0 Å².